The van der Waals surface area contributed by atoms with Crippen molar-refractivity contribution in [2.24, 2.45) is 0 Å². The Balaban J connectivity index is 1.87. The number of benzene rings is 2. The van der Waals surface area contributed by atoms with Crippen LogP contribution in [-0.2, 0) is 20.6 Å². The minimum absolute atomic E-state index is 0.186. The quantitative estimate of drug-likeness (QED) is 0.714. The molecule has 0 unspecified atom stereocenters. The van der Waals surface area contributed by atoms with E-state index in [0.29, 0.717) is 11.8 Å². The fourth-order valence-electron chi connectivity index (χ4n) is 2.13. The first-order valence-corrected chi connectivity index (χ1v) is 7.78. The fourth-order valence-corrected chi connectivity index (χ4v) is 2.13. The largest absolute Gasteiger partial charge is 0.416 e. The lowest BCUT2D eigenvalue weighted by Gasteiger charge is -2.10. The van der Waals surface area contributed by atoms with Crippen molar-refractivity contribution in [2.75, 3.05) is 17.2 Å². The average molecular weight is 379 g/mol. The molecule has 0 saturated heterocycles. The standard InChI is InChI=1S/C18H16F3N3O3/c1-11-4-2-6-13(8-11)23-15(25)10-22-16(26)17(27)24-14-7-3-5-12(9-14)18(19,20)21/h2-9H,10H2,1H3,(H,22,26)(H,23,25)(H,24,27). The van der Waals surface area contributed by atoms with Crippen LogP contribution >= 0.6 is 0 Å². The Labute approximate surface area is 152 Å². The summed E-state index contributed by atoms with van der Waals surface area (Å²) in [5.41, 5.74) is 0.312. The number of hydrogen-bond acceptors (Lipinski definition) is 3. The lowest BCUT2D eigenvalue weighted by atomic mass is 10.2. The van der Waals surface area contributed by atoms with E-state index in [4.69, 9.17) is 0 Å². The highest BCUT2D eigenvalue weighted by molar-refractivity contribution is 6.39. The molecule has 0 radical (unpaired) electrons. The van der Waals surface area contributed by atoms with E-state index in [1.807, 2.05) is 13.0 Å². The second-order valence-corrected chi connectivity index (χ2v) is 5.63. The van der Waals surface area contributed by atoms with E-state index in [2.05, 4.69) is 16.0 Å². The molecule has 0 aliphatic carbocycles. The van der Waals surface area contributed by atoms with Crippen LogP contribution in [0, 0.1) is 6.92 Å². The number of halogens is 3. The molecule has 3 amide bonds. The summed E-state index contributed by atoms with van der Waals surface area (Å²) in [7, 11) is 0. The molecule has 0 aliphatic heterocycles. The number of carbonyl (C=O) groups is 3. The van der Waals surface area contributed by atoms with Crippen molar-refractivity contribution in [3.8, 4) is 0 Å². The number of carbonyl (C=O) groups excluding carboxylic acids is 3. The first kappa shape index (κ1) is 20.0. The molecule has 0 spiro atoms. The second kappa shape index (κ2) is 8.35. The smallest absolute Gasteiger partial charge is 0.339 e. The van der Waals surface area contributed by atoms with Crippen LogP contribution in [0.2, 0.25) is 0 Å². The average Bonchev–Trinajstić information content (AvgIpc) is 2.59. The zero-order valence-electron chi connectivity index (χ0n) is 14.2. The molecular formula is C18H16F3N3O3. The minimum atomic E-state index is -4.57. The number of alkyl halides is 3. The van der Waals surface area contributed by atoms with E-state index in [1.165, 1.54) is 6.07 Å². The van der Waals surface area contributed by atoms with Gasteiger partial charge in [-0.3, -0.25) is 14.4 Å². The maximum absolute atomic E-state index is 12.6. The topological polar surface area (TPSA) is 87.3 Å². The third-order valence-electron chi connectivity index (χ3n) is 3.37. The number of nitrogens with one attached hydrogen (secondary N) is 3. The summed E-state index contributed by atoms with van der Waals surface area (Å²) in [6.07, 6.45) is -4.57. The Morgan fingerprint density at radius 1 is 0.889 bits per heavy atom. The van der Waals surface area contributed by atoms with Crippen molar-refractivity contribution in [1.29, 1.82) is 0 Å². The van der Waals surface area contributed by atoms with Crippen LogP contribution in [0.1, 0.15) is 11.1 Å². The van der Waals surface area contributed by atoms with Gasteiger partial charge in [0.25, 0.3) is 0 Å². The zero-order chi connectivity index (χ0) is 20.0. The van der Waals surface area contributed by atoms with Gasteiger partial charge in [-0.1, -0.05) is 18.2 Å². The van der Waals surface area contributed by atoms with Gasteiger partial charge >= 0.3 is 18.0 Å². The maximum atomic E-state index is 12.6. The Hall–Kier alpha value is -3.36. The highest BCUT2D eigenvalue weighted by atomic mass is 19.4. The van der Waals surface area contributed by atoms with E-state index in [9.17, 15) is 27.6 Å². The number of rotatable bonds is 4. The zero-order valence-corrected chi connectivity index (χ0v) is 14.2. The normalized spacial score (nSPS) is 10.8. The van der Waals surface area contributed by atoms with Crippen LogP contribution in [0.5, 0.6) is 0 Å². The summed E-state index contributed by atoms with van der Waals surface area (Å²) < 4.78 is 37.9. The molecule has 0 atom stereocenters. The van der Waals surface area contributed by atoms with Crippen LogP contribution < -0.4 is 16.0 Å². The maximum Gasteiger partial charge on any atom is 0.416 e. The summed E-state index contributed by atoms with van der Waals surface area (Å²) in [5.74, 6) is -2.88. The lowest BCUT2D eigenvalue weighted by molar-refractivity contribution is -0.137. The number of aryl methyl sites for hydroxylation is 1. The Morgan fingerprint density at radius 3 is 2.15 bits per heavy atom. The lowest BCUT2D eigenvalue weighted by Crippen LogP contribution is -2.39. The number of hydrogen-bond donors (Lipinski definition) is 3. The SMILES string of the molecule is Cc1cccc(NC(=O)CNC(=O)C(=O)Nc2cccc(C(F)(F)F)c2)c1. The molecule has 9 heteroatoms. The van der Waals surface area contributed by atoms with E-state index in [0.717, 1.165) is 17.7 Å². The highest BCUT2D eigenvalue weighted by Gasteiger charge is 2.30. The number of amides is 3. The Bertz CT molecular complexity index is 866. The predicted molar refractivity (Wildman–Crippen MR) is 92.9 cm³/mol. The molecule has 0 saturated carbocycles. The first-order chi connectivity index (χ1) is 12.6. The summed E-state index contributed by atoms with van der Waals surface area (Å²) in [6.45, 7) is 1.37. The van der Waals surface area contributed by atoms with Gasteiger partial charge in [-0.15, -0.1) is 0 Å². The summed E-state index contributed by atoms with van der Waals surface area (Å²) in [6, 6.07) is 10.8. The molecule has 0 heterocycles. The molecule has 3 N–H and O–H groups in total. The van der Waals surface area contributed by atoms with Gasteiger partial charge in [0.1, 0.15) is 0 Å². The van der Waals surface area contributed by atoms with E-state index < -0.39 is 36.0 Å². The van der Waals surface area contributed by atoms with Crippen molar-refractivity contribution in [1.82, 2.24) is 5.32 Å². The second-order valence-electron chi connectivity index (χ2n) is 5.63. The molecule has 27 heavy (non-hydrogen) atoms. The highest BCUT2D eigenvalue weighted by Crippen LogP contribution is 2.30. The third kappa shape index (κ3) is 6.14. The summed E-state index contributed by atoms with van der Waals surface area (Å²) >= 11 is 0. The molecule has 2 rings (SSSR count). The van der Waals surface area contributed by atoms with Crippen molar-refractivity contribution < 1.29 is 27.6 Å². The van der Waals surface area contributed by atoms with Crippen molar-refractivity contribution in [2.45, 2.75) is 13.1 Å². The molecular weight excluding hydrogens is 363 g/mol. The van der Waals surface area contributed by atoms with Crippen LogP contribution in [0.25, 0.3) is 0 Å². The molecule has 0 aromatic heterocycles. The molecule has 2 aromatic rings. The minimum Gasteiger partial charge on any atom is -0.339 e. The molecule has 0 fully saturated rings. The molecule has 6 nitrogen and oxygen atoms in total. The van der Waals surface area contributed by atoms with Crippen LogP contribution in [0.3, 0.4) is 0 Å². The van der Waals surface area contributed by atoms with Gasteiger partial charge in [0.05, 0.1) is 12.1 Å². The number of anilines is 2. The van der Waals surface area contributed by atoms with E-state index in [-0.39, 0.29) is 5.69 Å². The monoisotopic (exact) mass is 379 g/mol. The molecule has 2 aromatic carbocycles. The predicted octanol–water partition coefficient (Wildman–Crippen LogP) is 2.71. The molecule has 0 aliphatic rings. The van der Waals surface area contributed by atoms with E-state index >= 15 is 0 Å². The summed E-state index contributed by atoms with van der Waals surface area (Å²) in [5, 5.41) is 6.69. The fraction of sp³-hybridized carbons (Fsp3) is 0.167. The van der Waals surface area contributed by atoms with Crippen LogP contribution in [0.15, 0.2) is 48.5 Å². The van der Waals surface area contributed by atoms with Gasteiger partial charge in [0, 0.05) is 11.4 Å². The van der Waals surface area contributed by atoms with Gasteiger partial charge < -0.3 is 16.0 Å². The van der Waals surface area contributed by atoms with Crippen LogP contribution in [-0.4, -0.2) is 24.3 Å². The Morgan fingerprint density at radius 2 is 1.52 bits per heavy atom. The van der Waals surface area contributed by atoms with Gasteiger partial charge in [-0.05, 0) is 42.8 Å². The third-order valence-corrected chi connectivity index (χ3v) is 3.37. The summed E-state index contributed by atoms with van der Waals surface area (Å²) in [4.78, 5) is 35.2. The Kier molecular flexibility index (Phi) is 6.17. The van der Waals surface area contributed by atoms with Gasteiger partial charge in [0.2, 0.25) is 5.91 Å². The van der Waals surface area contributed by atoms with E-state index in [1.54, 1.807) is 18.2 Å². The first-order valence-electron chi connectivity index (χ1n) is 7.78. The van der Waals surface area contributed by atoms with Gasteiger partial charge in [-0.25, -0.2) is 0 Å². The van der Waals surface area contributed by atoms with Crippen molar-refractivity contribution in [3.63, 3.8) is 0 Å². The van der Waals surface area contributed by atoms with Gasteiger partial charge in [-0.2, -0.15) is 13.2 Å². The van der Waals surface area contributed by atoms with Crippen molar-refractivity contribution >= 4 is 29.1 Å². The van der Waals surface area contributed by atoms with Gasteiger partial charge in [0.15, 0.2) is 0 Å². The molecule has 142 valence electrons. The van der Waals surface area contributed by atoms with Crippen molar-refractivity contribution in [3.05, 3.63) is 59.7 Å². The van der Waals surface area contributed by atoms with Crippen LogP contribution in [0.4, 0.5) is 24.5 Å². The molecule has 0 bridgehead atoms.